The number of hydrogen-bond acceptors (Lipinski definition) is 3. The van der Waals surface area contributed by atoms with E-state index in [0.717, 1.165) is 25.9 Å². The summed E-state index contributed by atoms with van der Waals surface area (Å²) in [6, 6.07) is 10.6. The Hall–Kier alpha value is -1.53. The molecule has 1 rings (SSSR count). The number of anilines is 1. The normalized spacial score (nSPS) is 11.9. The molecule has 0 radical (unpaired) electrons. The van der Waals surface area contributed by atoms with Gasteiger partial charge in [-0.1, -0.05) is 25.1 Å². The Labute approximate surface area is 110 Å². The summed E-state index contributed by atoms with van der Waals surface area (Å²) in [6.45, 7) is 6.02. The van der Waals surface area contributed by atoms with Gasteiger partial charge in [0.05, 0.1) is 12.1 Å². The third-order valence-corrected chi connectivity index (χ3v) is 3.08. The summed E-state index contributed by atoms with van der Waals surface area (Å²) in [5.41, 5.74) is 2.51. The van der Waals surface area contributed by atoms with Gasteiger partial charge in [-0.3, -0.25) is 0 Å². The fourth-order valence-corrected chi connectivity index (χ4v) is 1.97. The third kappa shape index (κ3) is 4.38. The molecule has 98 valence electrons. The van der Waals surface area contributed by atoms with Gasteiger partial charge in [0.15, 0.2) is 0 Å². The third-order valence-electron chi connectivity index (χ3n) is 3.08. The Balaban J connectivity index is 2.48. The quantitative estimate of drug-likeness (QED) is 0.803. The van der Waals surface area contributed by atoms with E-state index in [1.54, 1.807) is 0 Å². The molecule has 0 saturated carbocycles. The zero-order chi connectivity index (χ0) is 13.4. The van der Waals surface area contributed by atoms with Crippen molar-refractivity contribution in [3.05, 3.63) is 29.8 Å². The van der Waals surface area contributed by atoms with Gasteiger partial charge in [-0.2, -0.15) is 5.26 Å². The number of nitrogens with zero attached hydrogens (tertiary/aromatic N) is 2. The Kier molecular flexibility index (Phi) is 6.24. The van der Waals surface area contributed by atoms with Gasteiger partial charge in [-0.15, -0.1) is 0 Å². The molecule has 0 aliphatic carbocycles. The monoisotopic (exact) mass is 245 g/mol. The largest absolute Gasteiger partial charge is 0.374 e. The first-order valence-corrected chi connectivity index (χ1v) is 6.58. The predicted molar refractivity (Wildman–Crippen MR) is 76.8 cm³/mol. The highest BCUT2D eigenvalue weighted by Gasteiger charge is 2.09. The molecule has 3 heteroatoms. The van der Waals surface area contributed by atoms with Crippen LogP contribution in [0.3, 0.4) is 0 Å². The number of para-hydroxylation sites is 1. The highest BCUT2D eigenvalue weighted by Crippen LogP contribution is 2.17. The first-order valence-electron chi connectivity index (χ1n) is 6.58. The second kappa shape index (κ2) is 7.73. The average Bonchev–Trinajstić information content (AvgIpc) is 2.39. The lowest BCUT2D eigenvalue weighted by Crippen LogP contribution is -2.32. The van der Waals surface area contributed by atoms with Gasteiger partial charge in [0, 0.05) is 19.3 Å². The van der Waals surface area contributed by atoms with Crippen LogP contribution >= 0.6 is 0 Å². The summed E-state index contributed by atoms with van der Waals surface area (Å²) in [4.78, 5) is 2.22. The number of nitriles is 1. The Morgan fingerprint density at radius 3 is 2.72 bits per heavy atom. The zero-order valence-corrected chi connectivity index (χ0v) is 11.6. The van der Waals surface area contributed by atoms with Crippen molar-refractivity contribution in [2.24, 2.45) is 0 Å². The van der Waals surface area contributed by atoms with Gasteiger partial charge in [-0.05, 0) is 37.9 Å². The van der Waals surface area contributed by atoms with Crippen LogP contribution in [0.1, 0.15) is 25.3 Å². The molecule has 1 aromatic rings. The average molecular weight is 245 g/mol. The van der Waals surface area contributed by atoms with E-state index in [2.05, 4.69) is 55.4 Å². The first kappa shape index (κ1) is 14.5. The van der Waals surface area contributed by atoms with E-state index in [1.807, 2.05) is 6.07 Å². The molecule has 0 spiro atoms. The summed E-state index contributed by atoms with van der Waals surface area (Å²) in [7, 11) is 2.08. The van der Waals surface area contributed by atoms with Crippen molar-refractivity contribution in [1.29, 1.82) is 5.26 Å². The smallest absolute Gasteiger partial charge is 0.0969 e. The van der Waals surface area contributed by atoms with Crippen LogP contribution in [0.25, 0.3) is 0 Å². The maximum absolute atomic E-state index is 9.06. The molecular formula is C15H23N3. The Morgan fingerprint density at radius 1 is 1.39 bits per heavy atom. The topological polar surface area (TPSA) is 39.1 Å². The maximum atomic E-state index is 9.06. The van der Waals surface area contributed by atoms with Gasteiger partial charge >= 0.3 is 0 Å². The molecule has 0 amide bonds. The molecular weight excluding hydrogens is 222 g/mol. The molecule has 1 N–H and O–H groups in total. The summed E-state index contributed by atoms with van der Waals surface area (Å²) >= 11 is 0. The molecule has 3 nitrogen and oxygen atoms in total. The molecule has 1 atom stereocenters. The highest BCUT2D eigenvalue weighted by atomic mass is 15.1. The van der Waals surface area contributed by atoms with Crippen LogP contribution in [-0.4, -0.2) is 26.2 Å². The van der Waals surface area contributed by atoms with Crippen LogP contribution in [0.15, 0.2) is 24.3 Å². The minimum absolute atomic E-state index is 0.0450. The number of hydrogen-bond donors (Lipinski definition) is 1. The van der Waals surface area contributed by atoms with Gasteiger partial charge in [0.2, 0.25) is 0 Å². The number of nitrogens with one attached hydrogen (secondary N) is 1. The van der Waals surface area contributed by atoms with Crippen molar-refractivity contribution in [1.82, 2.24) is 5.32 Å². The van der Waals surface area contributed by atoms with Gasteiger partial charge in [-0.25, -0.2) is 0 Å². The second-order valence-corrected chi connectivity index (χ2v) is 4.63. The number of rotatable bonds is 7. The van der Waals surface area contributed by atoms with Crippen molar-refractivity contribution in [2.75, 3.05) is 25.0 Å². The molecule has 0 aliphatic rings. The van der Waals surface area contributed by atoms with E-state index < -0.39 is 0 Å². The van der Waals surface area contributed by atoms with Crippen molar-refractivity contribution in [2.45, 2.75) is 32.7 Å². The minimum atomic E-state index is -0.0450. The van der Waals surface area contributed by atoms with E-state index in [0.29, 0.717) is 0 Å². The second-order valence-electron chi connectivity index (χ2n) is 4.63. The maximum Gasteiger partial charge on any atom is 0.0969 e. The molecule has 0 bridgehead atoms. The van der Waals surface area contributed by atoms with Crippen LogP contribution in [0.2, 0.25) is 0 Å². The Morgan fingerprint density at radius 2 is 2.11 bits per heavy atom. The lowest BCUT2D eigenvalue weighted by molar-refractivity contribution is 0.561. The van der Waals surface area contributed by atoms with E-state index in [4.69, 9.17) is 5.26 Å². The zero-order valence-electron chi connectivity index (χ0n) is 11.6. The fraction of sp³-hybridized carbons (Fsp3) is 0.533. The fourth-order valence-electron chi connectivity index (χ4n) is 1.97. The molecule has 0 fully saturated rings. The van der Waals surface area contributed by atoms with Crippen molar-refractivity contribution in [3.8, 4) is 6.07 Å². The molecule has 1 aromatic carbocycles. The summed E-state index contributed by atoms with van der Waals surface area (Å²) in [5, 5.41) is 12.3. The van der Waals surface area contributed by atoms with Gasteiger partial charge in [0.1, 0.15) is 0 Å². The van der Waals surface area contributed by atoms with E-state index in [9.17, 15) is 0 Å². The highest BCUT2D eigenvalue weighted by molar-refractivity contribution is 5.52. The van der Waals surface area contributed by atoms with Crippen LogP contribution < -0.4 is 10.2 Å². The lowest BCUT2D eigenvalue weighted by atomic mass is 10.1. The van der Waals surface area contributed by atoms with Crippen LogP contribution in [0, 0.1) is 18.3 Å². The van der Waals surface area contributed by atoms with Gasteiger partial charge in [0.25, 0.3) is 0 Å². The van der Waals surface area contributed by atoms with Crippen LogP contribution in [0.5, 0.6) is 0 Å². The van der Waals surface area contributed by atoms with E-state index in [-0.39, 0.29) is 6.04 Å². The first-order chi connectivity index (χ1) is 8.69. The van der Waals surface area contributed by atoms with Crippen molar-refractivity contribution >= 4 is 5.69 Å². The summed E-state index contributed by atoms with van der Waals surface area (Å²) in [6.07, 6.45) is 1.91. The molecule has 18 heavy (non-hydrogen) atoms. The lowest BCUT2D eigenvalue weighted by Gasteiger charge is -2.22. The van der Waals surface area contributed by atoms with E-state index >= 15 is 0 Å². The van der Waals surface area contributed by atoms with Crippen molar-refractivity contribution in [3.63, 3.8) is 0 Å². The number of aryl methyl sites for hydroxylation is 1. The van der Waals surface area contributed by atoms with Gasteiger partial charge < -0.3 is 10.2 Å². The molecule has 0 heterocycles. The SMILES string of the molecule is CCCNC(C#N)CCN(C)c1ccccc1C. The Bertz CT molecular complexity index is 395. The minimum Gasteiger partial charge on any atom is -0.374 e. The van der Waals surface area contributed by atoms with Crippen LogP contribution in [0.4, 0.5) is 5.69 Å². The molecule has 1 unspecified atom stereocenters. The number of benzene rings is 1. The summed E-state index contributed by atoms with van der Waals surface area (Å²) in [5.74, 6) is 0. The van der Waals surface area contributed by atoms with E-state index in [1.165, 1.54) is 11.3 Å². The standard InChI is InChI=1S/C15H23N3/c1-4-10-17-14(12-16)9-11-18(3)15-8-6-5-7-13(15)2/h5-8,14,17H,4,9-11H2,1-3H3. The summed E-state index contributed by atoms with van der Waals surface area (Å²) < 4.78 is 0. The van der Waals surface area contributed by atoms with Crippen LogP contribution in [-0.2, 0) is 0 Å². The molecule has 0 aliphatic heterocycles. The predicted octanol–water partition coefficient (Wildman–Crippen LogP) is 2.71. The van der Waals surface area contributed by atoms with Crippen molar-refractivity contribution < 1.29 is 0 Å². The molecule has 0 aromatic heterocycles. The molecule has 0 saturated heterocycles.